The first-order chi connectivity index (χ1) is 10.1. The maximum atomic E-state index is 13.6. The van der Waals surface area contributed by atoms with Crippen LogP contribution >= 0.6 is 0 Å². The van der Waals surface area contributed by atoms with Gasteiger partial charge in [-0.2, -0.15) is 0 Å². The molecule has 1 aliphatic rings. The maximum Gasteiger partial charge on any atom is 0.124 e. The number of aliphatic hydroxyl groups excluding tert-OH is 1. The number of halogens is 1. The average Bonchev–Trinajstić information content (AvgIpc) is 2.45. The normalized spacial score (nSPS) is 20.1. The van der Waals surface area contributed by atoms with Crippen LogP contribution in [0.4, 0.5) is 4.39 Å². The Kier molecular flexibility index (Phi) is 5.75. The highest BCUT2D eigenvalue weighted by molar-refractivity contribution is 5.37. The van der Waals surface area contributed by atoms with Gasteiger partial charge in [0, 0.05) is 37.8 Å². The zero-order valence-electron chi connectivity index (χ0n) is 12.8. The number of hydrogen-bond donors (Lipinski definition) is 1. The quantitative estimate of drug-likeness (QED) is 0.858. The minimum atomic E-state index is -0.269. The lowest BCUT2D eigenvalue weighted by Gasteiger charge is -2.39. The molecule has 1 aromatic rings. The van der Waals surface area contributed by atoms with Gasteiger partial charge in [-0.3, -0.25) is 9.80 Å². The van der Waals surface area contributed by atoms with E-state index in [1.54, 1.807) is 6.07 Å². The first kappa shape index (κ1) is 16.0. The van der Waals surface area contributed by atoms with Crippen molar-refractivity contribution in [2.24, 2.45) is 0 Å². The Hall–Kier alpha value is -1.41. The summed E-state index contributed by atoms with van der Waals surface area (Å²) >= 11 is 0. The van der Waals surface area contributed by atoms with E-state index in [1.165, 1.54) is 6.07 Å². The van der Waals surface area contributed by atoms with Crippen molar-refractivity contribution in [3.63, 3.8) is 0 Å². The Bertz CT molecular complexity index is 535. The van der Waals surface area contributed by atoms with E-state index in [9.17, 15) is 4.39 Å². The average molecular weight is 290 g/mol. The Morgan fingerprint density at radius 3 is 2.81 bits per heavy atom. The standard InChI is InChI=1S/C17H23FN2O/c1-3-20-7-6-19(12-14(20)2)13-16-9-15(5-4-8-21)10-17(18)11-16/h9-11,14,21H,3,6-8,12-13H2,1-2H3. The largest absolute Gasteiger partial charge is 0.384 e. The molecule has 1 aliphatic heterocycles. The van der Waals surface area contributed by atoms with E-state index in [2.05, 4.69) is 35.5 Å². The second-order valence-electron chi connectivity index (χ2n) is 5.52. The smallest absolute Gasteiger partial charge is 0.124 e. The molecule has 1 atom stereocenters. The number of hydrogen-bond acceptors (Lipinski definition) is 3. The highest BCUT2D eigenvalue weighted by Crippen LogP contribution is 2.15. The van der Waals surface area contributed by atoms with Gasteiger partial charge >= 0.3 is 0 Å². The molecule has 0 bridgehead atoms. The molecule has 0 saturated carbocycles. The topological polar surface area (TPSA) is 26.7 Å². The van der Waals surface area contributed by atoms with Gasteiger partial charge in [0.15, 0.2) is 0 Å². The van der Waals surface area contributed by atoms with Gasteiger partial charge in [-0.1, -0.05) is 18.8 Å². The molecule has 21 heavy (non-hydrogen) atoms. The summed E-state index contributed by atoms with van der Waals surface area (Å²) in [7, 11) is 0. The van der Waals surface area contributed by atoms with Crippen molar-refractivity contribution < 1.29 is 9.50 Å². The number of piperazine rings is 1. The van der Waals surface area contributed by atoms with E-state index in [1.807, 2.05) is 6.07 Å². The second kappa shape index (κ2) is 7.56. The number of rotatable bonds is 3. The van der Waals surface area contributed by atoms with Gasteiger partial charge in [0.1, 0.15) is 12.4 Å². The summed E-state index contributed by atoms with van der Waals surface area (Å²) < 4.78 is 13.6. The summed E-state index contributed by atoms with van der Waals surface area (Å²) in [5.74, 6) is 5.06. The zero-order chi connectivity index (χ0) is 15.2. The van der Waals surface area contributed by atoms with Crippen LogP contribution in [0.3, 0.4) is 0 Å². The zero-order valence-corrected chi connectivity index (χ0v) is 12.8. The molecule has 3 nitrogen and oxygen atoms in total. The number of nitrogens with zero attached hydrogens (tertiary/aromatic N) is 2. The third-order valence-electron chi connectivity index (χ3n) is 3.93. The molecular weight excluding hydrogens is 267 g/mol. The lowest BCUT2D eigenvalue weighted by molar-refractivity contribution is 0.0834. The molecule has 2 rings (SSSR count). The van der Waals surface area contributed by atoms with Crippen LogP contribution in [-0.4, -0.2) is 53.7 Å². The highest BCUT2D eigenvalue weighted by atomic mass is 19.1. The SMILES string of the molecule is CCN1CCN(Cc2cc(F)cc(C#CCO)c2)CC1C. The van der Waals surface area contributed by atoms with Crippen molar-refractivity contribution >= 4 is 0 Å². The predicted molar refractivity (Wildman–Crippen MR) is 82.3 cm³/mol. The Morgan fingerprint density at radius 2 is 2.14 bits per heavy atom. The van der Waals surface area contributed by atoms with Crippen LogP contribution < -0.4 is 0 Å². The third-order valence-corrected chi connectivity index (χ3v) is 3.93. The van der Waals surface area contributed by atoms with Crippen LogP contribution in [0, 0.1) is 17.7 Å². The van der Waals surface area contributed by atoms with Gasteiger partial charge in [-0.15, -0.1) is 0 Å². The van der Waals surface area contributed by atoms with Crippen LogP contribution in [0.2, 0.25) is 0 Å². The summed E-state index contributed by atoms with van der Waals surface area (Å²) in [5.41, 5.74) is 1.56. The lowest BCUT2D eigenvalue weighted by atomic mass is 10.1. The van der Waals surface area contributed by atoms with E-state index in [0.717, 1.165) is 38.3 Å². The van der Waals surface area contributed by atoms with E-state index in [0.29, 0.717) is 11.6 Å². The van der Waals surface area contributed by atoms with E-state index >= 15 is 0 Å². The first-order valence-corrected chi connectivity index (χ1v) is 7.48. The van der Waals surface area contributed by atoms with Crippen LogP contribution in [0.25, 0.3) is 0 Å². The van der Waals surface area contributed by atoms with Gasteiger partial charge < -0.3 is 5.11 Å². The third kappa shape index (κ3) is 4.53. The fraction of sp³-hybridized carbons (Fsp3) is 0.529. The van der Waals surface area contributed by atoms with Gasteiger partial charge in [-0.05, 0) is 37.2 Å². The number of benzene rings is 1. The molecule has 0 aromatic heterocycles. The Morgan fingerprint density at radius 1 is 1.33 bits per heavy atom. The molecule has 1 unspecified atom stereocenters. The Labute approximate surface area is 126 Å². The molecule has 1 fully saturated rings. The van der Waals surface area contributed by atoms with Gasteiger partial charge in [-0.25, -0.2) is 4.39 Å². The first-order valence-electron chi connectivity index (χ1n) is 7.48. The maximum absolute atomic E-state index is 13.6. The molecule has 0 spiro atoms. The molecule has 1 N–H and O–H groups in total. The van der Waals surface area contributed by atoms with Crippen LogP contribution in [0.5, 0.6) is 0 Å². The van der Waals surface area contributed by atoms with Crippen LogP contribution in [-0.2, 0) is 6.54 Å². The second-order valence-corrected chi connectivity index (χ2v) is 5.52. The van der Waals surface area contributed by atoms with Crippen molar-refractivity contribution in [3.05, 3.63) is 35.1 Å². The van der Waals surface area contributed by atoms with Gasteiger partial charge in [0.2, 0.25) is 0 Å². The van der Waals surface area contributed by atoms with E-state index in [-0.39, 0.29) is 12.4 Å². The van der Waals surface area contributed by atoms with Crippen LogP contribution in [0.1, 0.15) is 25.0 Å². The molecule has 4 heteroatoms. The van der Waals surface area contributed by atoms with Crippen molar-refractivity contribution in [1.29, 1.82) is 0 Å². The minimum Gasteiger partial charge on any atom is -0.384 e. The summed E-state index contributed by atoms with van der Waals surface area (Å²) in [4.78, 5) is 4.81. The number of aliphatic hydroxyl groups is 1. The fourth-order valence-corrected chi connectivity index (χ4v) is 2.90. The van der Waals surface area contributed by atoms with E-state index in [4.69, 9.17) is 5.11 Å². The molecule has 0 aliphatic carbocycles. The van der Waals surface area contributed by atoms with Gasteiger partial charge in [0.25, 0.3) is 0 Å². The van der Waals surface area contributed by atoms with Crippen molar-refractivity contribution in [2.45, 2.75) is 26.4 Å². The summed E-state index contributed by atoms with van der Waals surface area (Å²) in [6, 6.07) is 5.42. The number of likely N-dealkylation sites (N-methyl/N-ethyl adjacent to an activating group) is 1. The van der Waals surface area contributed by atoms with Crippen molar-refractivity contribution in [1.82, 2.24) is 9.80 Å². The lowest BCUT2D eigenvalue weighted by Crippen LogP contribution is -2.51. The summed E-state index contributed by atoms with van der Waals surface area (Å²) in [6.45, 7) is 9.11. The molecular formula is C17H23FN2O. The Balaban J connectivity index is 2.04. The molecule has 1 aromatic carbocycles. The molecule has 114 valence electrons. The summed E-state index contributed by atoms with van der Waals surface area (Å²) in [5, 5.41) is 8.72. The van der Waals surface area contributed by atoms with Crippen molar-refractivity contribution in [3.8, 4) is 11.8 Å². The van der Waals surface area contributed by atoms with E-state index < -0.39 is 0 Å². The fourth-order valence-electron chi connectivity index (χ4n) is 2.90. The molecule has 0 radical (unpaired) electrons. The van der Waals surface area contributed by atoms with Crippen LogP contribution in [0.15, 0.2) is 18.2 Å². The predicted octanol–water partition coefficient (Wildman–Crippen LogP) is 1.70. The molecule has 1 heterocycles. The summed E-state index contributed by atoms with van der Waals surface area (Å²) in [6.07, 6.45) is 0. The highest BCUT2D eigenvalue weighted by Gasteiger charge is 2.22. The van der Waals surface area contributed by atoms with Crippen molar-refractivity contribution in [2.75, 3.05) is 32.8 Å². The van der Waals surface area contributed by atoms with Gasteiger partial charge in [0.05, 0.1) is 0 Å². The molecule has 0 amide bonds. The molecule has 1 saturated heterocycles. The minimum absolute atomic E-state index is 0.206. The monoisotopic (exact) mass is 290 g/mol.